The van der Waals surface area contributed by atoms with Gasteiger partial charge in [0.05, 0.1) is 11.4 Å². The van der Waals surface area contributed by atoms with Crippen LogP contribution in [0, 0.1) is 0 Å². The molecule has 7 aromatic carbocycles. The Morgan fingerprint density at radius 2 is 1.09 bits per heavy atom. The third-order valence-electron chi connectivity index (χ3n) is 11.0. The summed E-state index contributed by atoms with van der Waals surface area (Å²) in [6.07, 6.45) is 3.70. The van der Waals surface area contributed by atoms with Crippen molar-refractivity contribution < 1.29 is 0 Å². The van der Waals surface area contributed by atoms with Crippen molar-refractivity contribution in [3.63, 3.8) is 0 Å². The topological polar surface area (TPSA) is 38.7 Å². The predicted molar refractivity (Wildman–Crippen MR) is 220 cm³/mol. The second-order valence-corrected chi connectivity index (χ2v) is 14.4. The molecule has 0 unspecified atom stereocenters. The Balaban J connectivity index is 1.15. The van der Waals surface area contributed by atoms with Crippen molar-refractivity contribution in [2.24, 2.45) is 0 Å². The molecule has 0 aliphatic heterocycles. The highest BCUT2D eigenvalue weighted by molar-refractivity contribution is 6.09. The molecule has 0 radical (unpaired) electrons. The monoisotopic (exact) mass is 677 g/mol. The molecule has 0 fully saturated rings. The van der Waals surface area contributed by atoms with E-state index in [1.54, 1.807) is 6.20 Å². The van der Waals surface area contributed by atoms with Gasteiger partial charge in [-0.25, -0.2) is 9.97 Å². The standard InChI is InChI=1S/C50H35N3/c1-50(2)44-20-10-19-42(47(44)43-26-25-33-12-6-7-16-37(33)48(43)50)40-27-28-41(39-18-9-8-17-38(39)40)46-30-45(52-49(53-46)35-13-4-3-5-14-35)34-23-21-32(22-24-34)36-15-11-29-51-31-36/h3-31H,1-2H3. The summed E-state index contributed by atoms with van der Waals surface area (Å²) < 4.78 is 0. The van der Waals surface area contributed by atoms with E-state index in [1.807, 2.05) is 30.5 Å². The van der Waals surface area contributed by atoms with Crippen LogP contribution in [0.25, 0.3) is 88.8 Å². The van der Waals surface area contributed by atoms with Crippen molar-refractivity contribution in [2.75, 3.05) is 0 Å². The second-order valence-electron chi connectivity index (χ2n) is 14.4. The Hall–Kier alpha value is -6.71. The Morgan fingerprint density at radius 3 is 1.89 bits per heavy atom. The number of pyridine rings is 1. The molecule has 0 atom stereocenters. The van der Waals surface area contributed by atoms with Gasteiger partial charge in [-0.1, -0.05) is 166 Å². The van der Waals surface area contributed by atoms with Crippen molar-refractivity contribution in [2.45, 2.75) is 19.3 Å². The largest absolute Gasteiger partial charge is 0.264 e. The van der Waals surface area contributed by atoms with Crippen molar-refractivity contribution >= 4 is 21.5 Å². The number of benzene rings is 7. The van der Waals surface area contributed by atoms with Crippen molar-refractivity contribution in [1.82, 2.24) is 15.0 Å². The predicted octanol–water partition coefficient (Wildman–Crippen LogP) is 12.8. The minimum atomic E-state index is -0.126. The maximum Gasteiger partial charge on any atom is 0.160 e. The highest BCUT2D eigenvalue weighted by Crippen LogP contribution is 2.55. The molecule has 2 aromatic heterocycles. The van der Waals surface area contributed by atoms with Gasteiger partial charge in [-0.05, 0) is 78.2 Å². The molecule has 250 valence electrons. The molecule has 53 heavy (non-hydrogen) atoms. The lowest BCUT2D eigenvalue weighted by molar-refractivity contribution is 0.666. The number of hydrogen-bond acceptors (Lipinski definition) is 3. The fraction of sp³-hybridized carbons (Fsp3) is 0.0600. The molecule has 10 rings (SSSR count). The summed E-state index contributed by atoms with van der Waals surface area (Å²) in [7, 11) is 0. The maximum absolute atomic E-state index is 5.23. The number of aromatic nitrogens is 3. The van der Waals surface area contributed by atoms with E-state index in [0.29, 0.717) is 5.82 Å². The lowest BCUT2D eigenvalue weighted by Crippen LogP contribution is -2.15. The van der Waals surface area contributed by atoms with E-state index in [0.717, 1.165) is 44.6 Å². The maximum atomic E-state index is 5.23. The van der Waals surface area contributed by atoms with Crippen LogP contribution < -0.4 is 0 Å². The average Bonchev–Trinajstić information content (AvgIpc) is 3.47. The normalized spacial score (nSPS) is 12.9. The lowest BCUT2D eigenvalue weighted by atomic mass is 9.80. The van der Waals surface area contributed by atoms with E-state index < -0.39 is 0 Å². The molecule has 3 heteroatoms. The molecule has 0 amide bonds. The molecular weight excluding hydrogens is 643 g/mol. The average molecular weight is 678 g/mol. The Morgan fingerprint density at radius 1 is 0.434 bits per heavy atom. The molecule has 0 saturated heterocycles. The van der Waals surface area contributed by atoms with Gasteiger partial charge in [0.15, 0.2) is 5.82 Å². The highest BCUT2D eigenvalue weighted by atomic mass is 14.9. The summed E-state index contributed by atoms with van der Waals surface area (Å²) >= 11 is 0. The van der Waals surface area contributed by atoms with Crippen molar-refractivity contribution in [3.8, 4) is 67.3 Å². The van der Waals surface area contributed by atoms with E-state index in [2.05, 4.69) is 158 Å². The Labute approximate surface area is 309 Å². The molecule has 1 aliphatic carbocycles. The van der Waals surface area contributed by atoms with E-state index in [9.17, 15) is 0 Å². The first kappa shape index (κ1) is 31.1. The van der Waals surface area contributed by atoms with Gasteiger partial charge >= 0.3 is 0 Å². The van der Waals surface area contributed by atoms with Crippen molar-refractivity contribution in [3.05, 3.63) is 187 Å². The zero-order valence-electron chi connectivity index (χ0n) is 29.6. The molecular formula is C50H35N3. The number of rotatable bonds is 5. The first-order valence-electron chi connectivity index (χ1n) is 18.2. The summed E-state index contributed by atoms with van der Waals surface area (Å²) in [6, 6.07) is 58.6. The molecule has 9 aromatic rings. The fourth-order valence-corrected chi connectivity index (χ4v) is 8.45. The number of fused-ring (bicyclic) bond motifs is 6. The molecule has 0 spiro atoms. The lowest BCUT2D eigenvalue weighted by Gasteiger charge is -2.23. The SMILES string of the molecule is CC1(C)c2cccc(-c3ccc(-c4cc(-c5ccc(-c6cccnc6)cc5)nc(-c5ccccc5)n4)c4ccccc34)c2-c2ccc3ccccc3c21. The Bertz CT molecular complexity index is 2840. The van der Waals surface area contributed by atoms with Crippen LogP contribution in [0.4, 0.5) is 0 Å². The van der Waals surface area contributed by atoms with E-state index in [1.165, 1.54) is 49.5 Å². The molecule has 0 bridgehead atoms. The van der Waals surface area contributed by atoms with Gasteiger partial charge in [-0.2, -0.15) is 0 Å². The summed E-state index contributed by atoms with van der Waals surface area (Å²) in [4.78, 5) is 14.7. The van der Waals surface area contributed by atoms with Crippen LogP contribution in [0.15, 0.2) is 176 Å². The van der Waals surface area contributed by atoms with Crippen LogP contribution >= 0.6 is 0 Å². The summed E-state index contributed by atoms with van der Waals surface area (Å²) in [5, 5.41) is 4.98. The number of nitrogens with zero attached hydrogens (tertiary/aromatic N) is 3. The van der Waals surface area contributed by atoms with Gasteiger partial charge in [-0.3, -0.25) is 4.98 Å². The van der Waals surface area contributed by atoms with Gasteiger partial charge in [0.1, 0.15) is 0 Å². The Kier molecular flexibility index (Phi) is 7.16. The van der Waals surface area contributed by atoms with Crippen LogP contribution in [0.3, 0.4) is 0 Å². The number of hydrogen-bond donors (Lipinski definition) is 0. The molecule has 3 nitrogen and oxygen atoms in total. The van der Waals surface area contributed by atoms with E-state index >= 15 is 0 Å². The van der Waals surface area contributed by atoms with Gasteiger partial charge in [0.2, 0.25) is 0 Å². The minimum absolute atomic E-state index is 0.126. The molecule has 0 saturated carbocycles. The summed E-state index contributed by atoms with van der Waals surface area (Å²) in [5.74, 6) is 0.703. The smallest absolute Gasteiger partial charge is 0.160 e. The first-order chi connectivity index (χ1) is 26.0. The van der Waals surface area contributed by atoms with Gasteiger partial charge in [0.25, 0.3) is 0 Å². The summed E-state index contributed by atoms with van der Waals surface area (Å²) in [5.41, 5.74) is 14.9. The van der Waals surface area contributed by atoms with Gasteiger partial charge < -0.3 is 0 Å². The van der Waals surface area contributed by atoms with Gasteiger partial charge in [0, 0.05) is 34.5 Å². The van der Waals surface area contributed by atoms with E-state index in [-0.39, 0.29) is 5.41 Å². The zero-order chi connectivity index (χ0) is 35.5. The minimum Gasteiger partial charge on any atom is -0.264 e. The first-order valence-corrected chi connectivity index (χ1v) is 18.2. The van der Waals surface area contributed by atoms with Crippen LogP contribution in [0.2, 0.25) is 0 Å². The zero-order valence-corrected chi connectivity index (χ0v) is 29.6. The quantitative estimate of drug-likeness (QED) is 0.182. The molecule has 1 aliphatic rings. The van der Waals surface area contributed by atoms with Gasteiger partial charge in [-0.15, -0.1) is 0 Å². The van der Waals surface area contributed by atoms with Crippen LogP contribution in [-0.4, -0.2) is 15.0 Å². The van der Waals surface area contributed by atoms with Crippen molar-refractivity contribution in [1.29, 1.82) is 0 Å². The second kappa shape index (κ2) is 12.2. The van der Waals surface area contributed by atoms with E-state index in [4.69, 9.17) is 9.97 Å². The fourth-order valence-electron chi connectivity index (χ4n) is 8.45. The van der Waals surface area contributed by atoms with Crippen LogP contribution in [0.1, 0.15) is 25.0 Å². The third kappa shape index (κ3) is 5.08. The van der Waals surface area contributed by atoms with Crippen LogP contribution in [0.5, 0.6) is 0 Å². The molecule has 0 N–H and O–H groups in total. The van der Waals surface area contributed by atoms with Crippen LogP contribution in [-0.2, 0) is 5.41 Å². The molecule has 2 heterocycles. The summed E-state index contributed by atoms with van der Waals surface area (Å²) in [6.45, 7) is 4.75. The highest BCUT2D eigenvalue weighted by Gasteiger charge is 2.38. The third-order valence-corrected chi connectivity index (χ3v) is 11.0.